The maximum absolute atomic E-state index is 13.5. The Morgan fingerprint density at radius 1 is 1.17 bits per heavy atom. The van der Waals surface area contributed by atoms with Gasteiger partial charge in [-0.3, -0.25) is 4.79 Å². The molecule has 1 aliphatic heterocycles. The molecule has 162 valence electrons. The molecule has 1 saturated carbocycles. The highest BCUT2D eigenvalue weighted by molar-refractivity contribution is 5.79. The maximum Gasteiger partial charge on any atom is 0.231 e. The van der Waals surface area contributed by atoms with Crippen molar-refractivity contribution in [3.8, 4) is 11.4 Å². The van der Waals surface area contributed by atoms with Gasteiger partial charge in [0.2, 0.25) is 17.6 Å². The first-order chi connectivity index (χ1) is 14.3. The molecule has 0 bridgehead atoms. The van der Waals surface area contributed by atoms with Crippen molar-refractivity contribution in [3.63, 3.8) is 0 Å². The summed E-state index contributed by atoms with van der Waals surface area (Å²) in [4.78, 5) is 19.7. The molecule has 2 heterocycles. The molecule has 5 nitrogen and oxygen atoms in total. The number of piperidine rings is 1. The van der Waals surface area contributed by atoms with Crippen molar-refractivity contribution in [2.45, 2.75) is 65.2 Å². The predicted molar refractivity (Wildman–Crippen MR) is 113 cm³/mol. The van der Waals surface area contributed by atoms with Crippen molar-refractivity contribution in [3.05, 3.63) is 36.0 Å². The lowest BCUT2D eigenvalue weighted by Gasteiger charge is -2.39. The van der Waals surface area contributed by atoms with E-state index in [4.69, 9.17) is 4.52 Å². The van der Waals surface area contributed by atoms with Gasteiger partial charge in [-0.2, -0.15) is 4.98 Å². The van der Waals surface area contributed by atoms with E-state index < -0.39 is 0 Å². The third kappa shape index (κ3) is 4.57. The lowest BCUT2D eigenvalue weighted by molar-refractivity contribution is -0.138. The van der Waals surface area contributed by atoms with Gasteiger partial charge >= 0.3 is 0 Å². The zero-order valence-electron chi connectivity index (χ0n) is 18.2. The Morgan fingerprint density at radius 3 is 2.63 bits per heavy atom. The molecule has 2 fully saturated rings. The first-order valence-corrected chi connectivity index (χ1v) is 11.2. The molecule has 1 saturated heterocycles. The average molecular weight is 414 g/mol. The zero-order chi connectivity index (χ0) is 21.3. The van der Waals surface area contributed by atoms with E-state index in [1.54, 1.807) is 12.1 Å². The predicted octanol–water partition coefficient (Wildman–Crippen LogP) is 5.43. The minimum absolute atomic E-state index is 0.0448. The standard InChI is InChI=1S/C24H32FN3O2/c1-24(2,3)19-11-9-16(10-12-19)23(29)28-13-5-7-18(15-28)22-26-21(27-30-22)17-6-4-8-20(25)14-17/h4,6,8,14,16,18-19H,5,7,9-13,15H2,1-3H3. The van der Waals surface area contributed by atoms with Gasteiger partial charge in [-0.05, 0) is 62.0 Å². The van der Waals surface area contributed by atoms with E-state index in [2.05, 4.69) is 30.9 Å². The third-order valence-electron chi connectivity index (χ3n) is 6.91. The fraction of sp³-hybridized carbons (Fsp3) is 0.625. The maximum atomic E-state index is 13.5. The molecule has 2 aliphatic rings. The lowest BCUT2D eigenvalue weighted by atomic mass is 9.69. The van der Waals surface area contributed by atoms with Crippen LogP contribution >= 0.6 is 0 Å². The number of nitrogens with zero attached hydrogens (tertiary/aromatic N) is 3. The molecule has 1 aliphatic carbocycles. The van der Waals surface area contributed by atoms with Crippen molar-refractivity contribution < 1.29 is 13.7 Å². The molecular formula is C24H32FN3O2. The second-order valence-electron chi connectivity index (χ2n) is 10.0. The Balaban J connectivity index is 1.39. The summed E-state index contributed by atoms with van der Waals surface area (Å²) >= 11 is 0. The molecule has 1 amide bonds. The molecule has 1 unspecified atom stereocenters. The molecule has 4 rings (SSSR count). The van der Waals surface area contributed by atoms with Crippen LogP contribution in [0.4, 0.5) is 4.39 Å². The van der Waals surface area contributed by atoms with E-state index in [-0.39, 0.29) is 23.6 Å². The molecule has 1 aromatic heterocycles. The normalized spacial score (nSPS) is 25.3. The largest absolute Gasteiger partial charge is 0.342 e. The number of halogens is 1. The summed E-state index contributed by atoms with van der Waals surface area (Å²) < 4.78 is 19.0. The van der Waals surface area contributed by atoms with Crippen LogP contribution in [-0.2, 0) is 4.79 Å². The fourth-order valence-corrected chi connectivity index (χ4v) is 4.99. The summed E-state index contributed by atoms with van der Waals surface area (Å²) in [5, 5.41) is 4.04. The van der Waals surface area contributed by atoms with Crippen LogP contribution in [0.3, 0.4) is 0 Å². The minimum Gasteiger partial charge on any atom is -0.342 e. The van der Waals surface area contributed by atoms with Crippen LogP contribution in [0.25, 0.3) is 11.4 Å². The molecule has 1 atom stereocenters. The number of hydrogen-bond donors (Lipinski definition) is 0. The number of likely N-dealkylation sites (tertiary alicyclic amines) is 1. The van der Waals surface area contributed by atoms with Gasteiger partial charge in [-0.15, -0.1) is 0 Å². The summed E-state index contributed by atoms with van der Waals surface area (Å²) in [6.45, 7) is 8.34. The molecule has 1 aromatic carbocycles. The molecule has 0 spiro atoms. The van der Waals surface area contributed by atoms with Crippen molar-refractivity contribution >= 4 is 5.91 Å². The summed E-state index contributed by atoms with van der Waals surface area (Å²) in [6, 6.07) is 6.20. The van der Waals surface area contributed by atoms with Crippen LogP contribution in [0.2, 0.25) is 0 Å². The van der Waals surface area contributed by atoms with Gasteiger partial charge in [-0.25, -0.2) is 4.39 Å². The first kappa shape index (κ1) is 21.0. The Bertz CT molecular complexity index is 881. The topological polar surface area (TPSA) is 59.2 Å². The molecule has 2 aromatic rings. The summed E-state index contributed by atoms with van der Waals surface area (Å²) in [5.74, 6) is 1.80. The lowest BCUT2D eigenvalue weighted by Crippen LogP contribution is -2.43. The van der Waals surface area contributed by atoms with Gasteiger partial charge in [0.05, 0.1) is 5.92 Å². The van der Waals surface area contributed by atoms with Crippen molar-refractivity contribution in [1.82, 2.24) is 15.0 Å². The molecule has 6 heteroatoms. The number of hydrogen-bond acceptors (Lipinski definition) is 4. The highest BCUT2D eigenvalue weighted by atomic mass is 19.1. The number of carbonyl (C=O) groups is 1. The molecule has 0 N–H and O–H groups in total. The van der Waals surface area contributed by atoms with E-state index in [9.17, 15) is 9.18 Å². The van der Waals surface area contributed by atoms with Crippen LogP contribution in [0, 0.1) is 23.1 Å². The Kier molecular flexibility index (Phi) is 5.94. The van der Waals surface area contributed by atoms with E-state index in [0.29, 0.717) is 35.2 Å². The van der Waals surface area contributed by atoms with Crippen LogP contribution in [-0.4, -0.2) is 34.0 Å². The second-order valence-corrected chi connectivity index (χ2v) is 10.0. The van der Waals surface area contributed by atoms with Gasteiger partial charge in [0, 0.05) is 24.6 Å². The van der Waals surface area contributed by atoms with Crippen LogP contribution in [0.5, 0.6) is 0 Å². The number of amides is 1. The highest BCUT2D eigenvalue weighted by Gasteiger charge is 2.36. The van der Waals surface area contributed by atoms with E-state index in [0.717, 1.165) is 45.1 Å². The van der Waals surface area contributed by atoms with Crippen LogP contribution in [0.15, 0.2) is 28.8 Å². The quantitative estimate of drug-likeness (QED) is 0.673. The van der Waals surface area contributed by atoms with Crippen molar-refractivity contribution in [2.24, 2.45) is 17.3 Å². The number of rotatable bonds is 3. The van der Waals surface area contributed by atoms with E-state index >= 15 is 0 Å². The number of carbonyl (C=O) groups excluding carboxylic acids is 1. The van der Waals surface area contributed by atoms with Gasteiger partial charge in [0.25, 0.3) is 0 Å². The average Bonchev–Trinajstić information content (AvgIpc) is 3.23. The number of benzene rings is 1. The highest BCUT2D eigenvalue weighted by Crippen LogP contribution is 2.40. The third-order valence-corrected chi connectivity index (χ3v) is 6.91. The van der Waals surface area contributed by atoms with Crippen molar-refractivity contribution in [1.29, 1.82) is 0 Å². The number of aromatic nitrogens is 2. The monoisotopic (exact) mass is 413 g/mol. The minimum atomic E-state index is -0.325. The second kappa shape index (κ2) is 8.48. The fourth-order valence-electron chi connectivity index (χ4n) is 4.99. The Hall–Kier alpha value is -2.24. The van der Waals surface area contributed by atoms with Gasteiger partial charge < -0.3 is 9.42 Å². The summed E-state index contributed by atoms with van der Waals surface area (Å²) in [5.41, 5.74) is 0.922. The molecular weight excluding hydrogens is 381 g/mol. The zero-order valence-corrected chi connectivity index (χ0v) is 18.2. The summed E-state index contributed by atoms with van der Waals surface area (Å²) in [6.07, 6.45) is 6.12. The van der Waals surface area contributed by atoms with Crippen molar-refractivity contribution in [2.75, 3.05) is 13.1 Å². The molecule has 0 radical (unpaired) electrons. The SMILES string of the molecule is CC(C)(C)C1CCC(C(=O)N2CCCC(c3nc(-c4cccc(F)c4)no3)C2)CC1. The Labute approximate surface area is 178 Å². The molecule has 30 heavy (non-hydrogen) atoms. The van der Waals surface area contributed by atoms with Crippen LogP contribution in [0.1, 0.15) is 71.1 Å². The first-order valence-electron chi connectivity index (χ1n) is 11.2. The van der Waals surface area contributed by atoms with Gasteiger partial charge in [0.1, 0.15) is 5.82 Å². The Morgan fingerprint density at radius 2 is 1.93 bits per heavy atom. The van der Waals surface area contributed by atoms with E-state index in [1.807, 2.05) is 4.90 Å². The van der Waals surface area contributed by atoms with Gasteiger partial charge in [-0.1, -0.05) is 38.1 Å². The van der Waals surface area contributed by atoms with Crippen LogP contribution < -0.4 is 0 Å². The summed E-state index contributed by atoms with van der Waals surface area (Å²) in [7, 11) is 0. The smallest absolute Gasteiger partial charge is 0.231 e. The van der Waals surface area contributed by atoms with Gasteiger partial charge in [0.15, 0.2) is 0 Å². The van der Waals surface area contributed by atoms with E-state index in [1.165, 1.54) is 12.1 Å².